The maximum atomic E-state index is 11.8. The summed E-state index contributed by atoms with van der Waals surface area (Å²) in [5.41, 5.74) is 0. The summed E-state index contributed by atoms with van der Waals surface area (Å²) >= 11 is 0. The lowest BCUT2D eigenvalue weighted by Gasteiger charge is -2.29. The van der Waals surface area contributed by atoms with Gasteiger partial charge in [-0.1, -0.05) is 0 Å². The number of rotatable bonds is 4. The van der Waals surface area contributed by atoms with Crippen LogP contribution in [-0.4, -0.2) is 63.3 Å². The molecule has 1 unspecified atom stereocenters. The van der Waals surface area contributed by atoms with Crippen LogP contribution in [0.3, 0.4) is 0 Å². The molecule has 2 N–H and O–H groups in total. The van der Waals surface area contributed by atoms with E-state index in [0.29, 0.717) is 18.9 Å². The van der Waals surface area contributed by atoms with Gasteiger partial charge in [-0.3, -0.25) is 4.79 Å². The van der Waals surface area contributed by atoms with Crippen LogP contribution in [0, 0.1) is 5.92 Å². The molecule has 0 radical (unpaired) electrons. The number of ether oxygens (including phenoxy) is 1. The number of likely N-dealkylation sites (tertiary alicyclic amines) is 1. The molecule has 0 aromatic carbocycles. The molecular formula is C13H27Cl2N3O2. The molecular weight excluding hydrogens is 301 g/mol. The van der Waals surface area contributed by atoms with Gasteiger partial charge < -0.3 is 20.3 Å². The Bertz CT molecular complexity index is 268. The van der Waals surface area contributed by atoms with E-state index in [4.69, 9.17) is 4.74 Å². The average Bonchev–Trinajstić information content (AvgIpc) is 2.39. The van der Waals surface area contributed by atoms with Crippen molar-refractivity contribution in [3.05, 3.63) is 0 Å². The fraction of sp³-hybridized carbons (Fsp3) is 0.923. The lowest BCUT2D eigenvalue weighted by molar-refractivity contribution is -0.124. The Morgan fingerprint density at radius 3 is 2.65 bits per heavy atom. The number of hydrogen-bond donors (Lipinski definition) is 2. The average molecular weight is 328 g/mol. The third kappa shape index (κ3) is 7.09. The van der Waals surface area contributed by atoms with Gasteiger partial charge in [0, 0.05) is 19.6 Å². The number of nitrogens with zero attached hydrogens (tertiary/aromatic N) is 1. The largest absolute Gasteiger partial charge is 0.375 e. The molecule has 120 valence electrons. The van der Waals surface area contributed by atoms with Gasteiger partial charge in [0.25, 0.3) is 0 Å². The molecule has 2 saturated heterocycles. The maximum Gasteiger partial charge on any atom is 0.222 e. The van der Waals surface area contributed by atoms with E-state index in [-0.39, 0.29) is 36.8 Å². The summed E-state index contributed by atoms with van der Waals surface area (Å²) in [5, 5.41) is 6.29. The summed E-state index contributed by atoms with van der Waals surface area (Å²) in [6.07, 6.45) is 2.92. The monoisotopic (exact) mass is 327 g/mol. The Kier molecular flexibility index (Phi) is 10.6. The summed E-state index contributed by atoms with van der Waals surface area (Å²) in [6, 6.07) is 0. The van der Waals surface area contributed by atoms with Gasteiger partial charge in [-0.05, 0) is 38.9 Å². The van der Waals surface area contributed by atoms with Crippen molar-refractivity contribution in [2.45, 2.75) is 25.4 Å². The zero-order valence-corrected chi connectivity index (χ0v) is 13.7. The van der Waals surface area contributed by atoms with Gasteiger partial charge in [0.2, 0.25) is 5.91 Å². The fourth-order valence-electron chi connectivity index (χ4n) is 2.55. The van der Waals surface area contributed by atoms with Crippen LogP contribution in [0.25, 0.3) is 0 Å². The molecule has 0 aromatic rings. The van der Waals surface area contributed by atoms with E-state index >= 15 is 0 Å². The van der Waals surface area contributed by atoms with E-state index in [1.54, 1.807) is 0 Å². The Balaban J connectivity index is 0.00000180. The number of piperidine rings is 1. The molecule has 2 heterocycles. The Morgan fingerprint density at radius 1 is 1.35 bits per heavy atom. The second-order valence-corrected chi connectivity index (χ2v) is 5.45. The van der Waals surface area contributed by atoms with Crippen LogP contribution in [0.1, 0.15) is 19.3 Å². The fourth-order valence-corrected chi connectivity index (χ4v) is 2.55. The van der Waals surface area contributed by atoms with E-state index in [1.807, 2.05) is 0 Å². The second-order valence-electron chi connectivity index (χ2n) is 5.45. The van der Waals surface area contributed by atoms with E-state index < -0.39 is 0 Å². The summed E-state index contributed by atoms with van der Waals surface area (Å²) < 4.78 is 5.52. The van der Waals surface area contributed by atoms with E-state index in [2.05, 4.69) is 22.6 Å². The molecule has 5 nitrogen and oxygen atoms in total. The predicted molar refractivity (Wildman–Crippen MR) is 85.0 cm³/mol. The number of carbonyl (C=O) groups is 1. The quantitative estimate of drug-likeness (QED) is 0.796. The van der Waals surface area contributed by atoms with Crippen LogP contribution in [-0.2, 0) is 9.53 Å². The van der Waals surface area contributed by atoms with Crippen molar-refractivity contribution >= 4 is 30.7 Å². The smallest absolute Gasteiger partial charge is 0.222 e. The van der Waals surface area contributed by atoms with Crippen molar-refractivity contribution in [3.8, 4) is 0 Å². The third-order valence-corrected chi connectivity index (χ3v) is 3.84. The number of hydrogen-bond acceptors (Lipinski definition) is 4. The van der Waals surface area contributed by atoms with Gasteiger partial charge in [-0.15, -0.1) is 24.8 Å². The first kappa shape index (κ1) is 19.9. The highest BCUT2D eigenvalue weighted by Gasteiger charge is 2.20. The molecule has 7 heteroatoms. The van der Waals surface area contributed by atoms with E-state index in [1.165, 1.54) is 12.8 Å². The highest BCUT2D eigenvalue weighted by atomic mass is 35.5. The minimum atomic E-state index is 0. The van der Waals surface area contributed by atoms with E-state index in [0.717, 1.165) is 32.7 Å². The number of nitrogens with one attached hydrogen (secondary N) is 2. The second kappa shape index (κ2) is 10.6. The van der Waals surface area contributed by atoms with Gasteiger partial charge in [0.05, 0.1) is 19.1 Å². The number of halogens is 2. The van der Waals surface area contributed by atoms with Crippen molar-refractivity contribution in [2.75, 3.05) is 46.4 Å². The minimum absolute atomic E-state index is 0. The zero-order chi connectivity index (χ0) is 12.8. The molecule has 2 aliphatic heterocycles. The van der Waals surface area contributed by atoms with Crippen molar-refractivity contribution < 1.29 is 9.53 Å². The maximum absolute atomic E-state index is 11.8. The Labute approximate surface area is 134 Å². The van der Waals surface area contributed by atoms with Gasteiger partial charge in [-0.25, -0.2) is 0 Å². The summed E-state index contributed by atoms with van der Waals surface area (Å²) in [7, 11) is 2.15. The highest BCUT2D eigenvalue weighted by molar-refractivity contribution is 5.85. The first-order chi connectivity index (χ1) is 8.74. The van der Waals surface area contributed by atoms with Crippen molar-refractivity contribution in [2.24, 2.45) is 5.92 Å². The first-order valence-corrected chi connectivity index (χ1v) is 7.01. The number of carbonyl (C=O) groups excluding carboxylic acids is 1. The number of amides is 1. The van der Waals surface area contributed by atoms with Crippen LogP contribution < -0.4 is 10.6 Å². The SMILES string of the molecule is CN1CCC(CNC(=O)CC2CNCCO2)CC1.Cl.Cl. The molecule has 1 atom stereocenters. The molecule has 0 bridgehead atoms. The van der Waals surface area contributed by atoms with Crippen LogP contribution in [0.15, 0.2) is 0 Å². The van der Waals surface area contributed by atoms with Crippen molar-refractivity contribution in [3.63, 3.8) is 0 Å². The molecule has 20 heavy (non-hydrogen) atoms. The Morgan fingerprint density at radius 2 is 2.05 bits per heavy atom. The topological polar surface area (TPSA) is 53.6 Å². The van der Waals surface area contributed by atoms with E-state index in [9.17, 15) is 4.79 Å². The zero-order valence-electron chi connectivity index (χ0n) is 12.1. The van der Waals surface area contributed by atoms with Crippen LogP contribution in [0.4, 0.5) is 0 Å². The predicted octanol–water partition coefficient (Wildman–Crippen LogP) is 0.666. The minimum Gasteiger partial charge on any atom is -0.375 e. The lowest BCUT2D eigenvalue weighted by atomic mass is 9.97. The molecule has 2 fully saturated rings. The van der Waals surface area contributed by atoms with Crippen LogP contribution in [0.5, 0.6) is 0 Å². The van der Waals surface area contributed by atoms with Crippen LogP contribution in [0.2, 0.25) is 0 Å². The Hall–Kier alpha value is -0.0700. The first-order valence-electron chi connectivity index (χ1n) is 7.01. The van der Waals surface area contributed by atoms with Gasteiger partial charge >= 0.3 is 0 Å². The standard InChI is InChI=1S/C13H25N3O2.2ClH/c1-16-5-2-11(3-6-16)9-15-13(17)8-12-10-14-4-7-18-12;;/h11-12,14H,2-10H2,1H3,(H,15,17);2*1H. The molecule has 0 saturated carbocycles. The normalized spacial score (nSPS) is 24.4. The molecule has 0 spiro atoms. The van der Waals surface area contributed by atoms with Gasteiger partial charge in [0.15, 0.2) is 0 Å². The third-order valence-electron chi connectivity index (χ3n) is 3.84. The number of morpholine rings is 1. The van der Waals surface area contributed by atoms with Gasteiger partial charge in [0.1, 0.15) is 0 Å². The van der Waals surface area contributed by atoms with Crippen molar-refractivity contribution in [1.82, 2.24) is 15.5 Å². The highest BCUT2D eigenvalue weighted by Crippen LogP contribution is 2.14. The molecule has 0 aliphatic carbocycles. The summed E-state index contributed by atoms with van der Waals surface area (Å²) in [6.45, 7) is 5.53. The lowest BCUT2D eigenvalue weighted by Crippen LogP contribution is -2.42. The van der Waals surface area contributed by atoms with Gasteiger partial charge in [-0.2, -0.15) is 0 Å². The molecule has 2 aliphatic rings. The summed E-state index contributed by atoms with van der Waals surface area (Å²) in [4.78, 5) is 14.1. The van der Waals surface area contributed by atoms with Crippen molar-refractivity contribution in [1.29, 1.82) is 0 Å². The molecule has 1 amide bonds. The summed E-state index contributed by atoms with van der Waals surface area (Å²) in [5.74, 6) is 0.776. The molecule has 2 rings (SSSR count). The van der Waals surface area contributed by atoms with Crippen LogP contribution >= 0.6 is 24.8 Å². The molecule has 0 aromatic heterocycles.